The lowest BCUT2D eigenvalue weighted by molar-refractivity contribution is -0.114. The molecule has 158 valence electrons. The maximum atomic E-state index is 11.2. The number of nitriles is 1. The van der Waals surface area contributed by atoms with E-state index in [9.17, 15) is 4.79 Å². The molecule has 10 heteroatoms. The molecule has 4 atom stereocenters. The second-order valence-corrected chi connectivity index (χ2v) is 8.85. The smallest absolute Gasteiger partial charge is 0.223 e. The molecule has 3 heterocycles. The van der Waals surface area contributed by atoms with E-state index in [1.54, 1.807) is 12.3 Å². The van der Waals surface area contributed by atoms with Gasteiger partial charge in [-0.05, 0) is 19.8 Å². The van der Waals surface area contributed by atoms with Crippen molar-refractivity contribution in [3.63, 3.8) is 0 Å². The third-order valence-electron chi connectivity index (χ3n) is 5.41. The monoisotopic (exact) mass is 428 g/mol. The molecule has 2 unspecified atom stereocenters. The second-order valence-electron chi connectivity index (χ2n) is 7.73. The minimum Gasteiger partial charge on any atom is -0.473 e. The number of ether oxygens (including phenoxy) is 2. The Balaban J connectivity index is 1.32. The Morgan fingerprint density at radius 1 is 1.33 bits per heavy atom. The van der Waals surface area contributed by atoms with Crippen molar-refractivity contribution in [2.45, 2.75) is 57.9 Å². The lowest BCUT2D eigenvalue weighted by Gasteiger charge is -2.31. The van der Waals surface area contributed by atoms with Crippen LogP contribution in [0.2, 0.25) is 0 Å². The molecule has 1 saturated heterocycles. The average Bonchev–Trinajstić information content (AvgIpc) is 3.25. The van der Waals surface area contributed by atoms with Crippen molar-refractivity contribution < 1.29 is 14.3 Å². The fraction of sp³-hybridized carbons (Fsp3) is 0.550. The molecule has 1 amide bonds. The summed E-state index contributed by atoms with van der Waals surface area (Å²) in [4.78, 5) is 27.2. The van der Waals surface area contributed by atoms with Crippen LogP contribution in [0, 0.1) is 17.2 Å². The van der Waals surface area contributed by atoms with Gasteiger partial charge < -0.3 is 14.8 Å². The predicted octanol–water partition coefficient (Wildman–Crippen LogP) is 2.61. The molecule has 1 saturated carbocycles. The van der Waals surface area contributed by atoms with Gasteiger partial charge in [-0.3, -0.25) is 9.69 Å². The number of rotatable bonds is 7. The lowest BCUT2D eigenvalue weighted by atomic mass is 9.83. The van der Waals surface area contributed by atoms with Gasteiger partial charge in [0.05, 0.1) is 18.1 Å². The van der Waals surface area contributed by atoms with Crippen molar-refractivity contribution in [1.82, 2.24) is 19.9 Å². The number of amides is 1. The minimum absolute atomic E-state index is 0.0149. The Morgan fingerprint density at radius 3 is 2.83 bits per heavy atom. The zero-order valence-electron chi connectivity index (χ0n) is 16.9. The highest BCUT2D eigenvalue weighted by molar-refractivity contribution is 7.15. The van der Waals surface area contributed by atoms with Crippen molar-refractivity contribution in [1.29, 1.82) is 5.26 Å². The Hall–Kier alpha value is -2.77. The van der Waals surface area contributed by atoms with E-state index < -0.39 is 0 Å². The number of hydrogen-bond donors (Lipinski definition) is 1. The van der Waals surface area contributed by atoms with E-state index >= 15 is 0 Å². The van der Waals surface area contributed by atoms with Crippen molar-refractivity contribution in [3.8, 4) is 17.8 Å². The number of carbonyl (C=O) groups excluding carboxylic acids is 1. The van der Waals surface area contributed by atoms with Gasteiger partial charge >= 0.3 is 0 Å². The first kappa shape index (κ1) is 20.5. The maximum Gasteiger partial charge on any atom is 0.223 e. The summed E-state index contributed by atoms with van der Waals surface area (Å²) in [7, 11) is 0. The van der Waals surface area contributed by atoms with E-state index in [1.165, 1.54) is 24.6 Å². The van der Waals surface area contributed by atoms with Gasteiger partial charge in [0.1, 0.15) is 18.5 Å². The van der Waals surface area contributed by atoms with Gasteiger partial charge in [0.2, 0.25) is 17.7 Å². The predicted molar refractivity (Wildman–Crippen MR) is 110 cm³/mol. The van der Waals surface area contributed by atoms with Crippen LogP contribution < -0.4 is 14.8 Å². The van der Waals surface area contributed by atoms with Crippen LogP contribution in [0.15, 0.2) is 18.6 Å². The SMILES string of the molecule is CC(=O)Nc1ncc(CN2C[C@H](Oc3cc(OC4CCC4C#N)ncn3)C[C@@H]2C)s1. The Bertz CT molecular complexity index is 945. The summed E-state index contributed by atoms with van der Waals surface area (Å²) in [6, 6.07) is 4.31. The molecule has 1 aliphatic heterocycles. The lowest BCUT2D eigenvalue weighted by Crippen LogP contribution is -2.35. The highest BCUT2D eigenvalue weighted by Gasteiger charge is 2.34. The summed E-state index contributed by atoms with van der Waals surface area (Å²) in [5.41, 5.74) is 0. The molecule has 30 heavy (non-hydrogen) atoms. The van der Waals surface area contributed by atoms with Crippen molar-refractivity contribution in [2.75, 3.05) is 11.9 Å². The van der Waals surface area contributed by atoms with Gasteiger partial charge in [0.25, 0.3) is 0 Å². The maximum absolute atomic E-state index is 11.2. The Morgan fingerprint density at radius 2 is 2.13 bits per heavy atom. The molecule has 4 rings (SSSR count). The molecule has 0 radical (unpaired) electrons. The number of likely N-dealkylation sites (tertiary alicyclic amines) is 1. The average molecular weight is 429 g/mol. The van der Waals surface area contributed by atoms with Gasteiger partial charge in [-0.25, -0.2) is 15.0 Å². The number of aromatic nitrogens is 3. The van der Waals surface area contributed by atoms with Crippen molar-refractivity contribution in [3.05, 3.63) is 23.5 Å². The van der Waals surface area contributed by atoms with Crippen LogP contribution in [0.4, 0.5) is 5.13 Å². The van der Waals surface area contributed by atoms with Crippen molar-refractivity contribution in [2.24, 2.45) is 5.92 Å². The normalized spacial score (nSPS) is 25.9. The van der Waals surface area contributed by atoms with Crippen LogP contribution in [0.1, 0.15) is 38.0 Å². The first-order valence-electron chi connectivity index (χ1n) is 10.0. The topological polar surface area (TPSA) is 113 Å². The highest BCUT2D eigenvalue weighted by Crippen LogP contribution is 2.31. The van der Waals surface area contributed by atoms with Crippen LogP contribution in [-0.4, -0.2) is 50.6 Å². The van der Waals surface area contributed by atoms with Gasteiger partial charge in [0, 0.05) is 43.5 Å². The fourth-order valence-electron chi connectivity index (χ4n) is 3.68. The van der Waals surface area contributed by atoms with E-state index in [2.05, 4.69) is 38.2 Å². The summed E-state index contributed by atoms with van der Waals surface area (Å²) < 4.78 is 11.9. The standard InChI is InChI=1S/C20H24N6O3S/c1-12-5-15(9-26(12)10-16-8-22-20(30-16)25-13(2)27)28-18-6-19(24-11-23-18)29-17-4-3-14(17)7-21/h6,8,11-12,14-15,17H,3-5,9-10H2,1-2H3,(H,22,25,27)/t12-,14?,15+,17?/m0/s1. The number of nitrogens with zero attached hydrogens (tertiary/aromatic N) is 5. The summed E-state index contributed by atoms with van der Waals surface area (Å²) in [6.07, 6.45) is 5.78. The minimum atomic E-state index is -0.118. The first-order chi connectivity index (χ1) is 14.5. The molecule has 2 aromatic rings. The third kappa shape index (κ3) is 4.86. The summed E-state index contributed by atoms with van der Waals surface area (Å²) in [5, 5.41) is 12.4. The first-order valence-corrected chi connectivity index (χ1v) is 10.8. The largest absolute Gasteiger partial charge is 0.473 e. The Kier molecular flexibility index (Phi) is 6.11. The van der Waals surface area contributed by atoms with Crippen LogP contribution in [0.25, 0.3) is 0 Å². The molecule has 0 spiro atoms. The molecular formula is C20H24N6O3S. The zero-order chi connectivity index (χ0) is 21.1. The Labute approximate surface area is 179 Å². The molecular weight excluding hydrogens is 404 g/mol. The van der Waals surface area contributed by atoms with Crippen LogP contribution in [-0.2, 0) is 11.3 Å². The van der Waals surface area contributed by atoms with Gasteiger partial charge in [-0.15, -0.1) is 11.3 Å². The van der Waals surface area contributed by atoms with E-state index in [4.69, 9.17) is 14.7 Å². The molecule has 9 nitrogen and oxygen atoms in total. The van der Waals surface area contributed by atoms with E-state index in [0.29, 0.717) is 22.9 Å². The molecule has 0 aromatic carbocycles. The van der Waals surface area contributed by atoms with Crippen LogP contribution >= 0.6 is 11.3 Å². The van der Waals surface area contributed by atoms with Gasteiger partial charge in [-0.2, -0.15) is 5.26 Å². The number of thiazole rings is 1. The number of carbonyl (C=O) groups is 1. The molecule has 2 aliphatic rings. The number of hydrogen-bond acceptors (Lipinski definition) is 9. The number of nitrogens with one attached hydrogen (secondary N) is 1. The van der Waals surface area contributed by atoms with Gasteiger partial charge in [-0.1, -0.05) is 0 Å². The van der Waals surface area contributed by atoms with Crippen LogP contribution in [0.3, 0.4) is 0 Å². The summed E-state index contributed by atoms with van der Waals surface area (Å²) in [6.45, 7) is 5.18. The fourth-order valence-corrected chi connectivity index (χ4v) is 4.56. The summed E-state index contributed by atoms with van der Waals surface area (Å²) >= 11 is 1.49. The molecule has 2 fully saturated rings. The molecule has 2 aromatic heterocycles. The highest BCUT2D eigenvalue weighted by atomic mass is 32.1. The second kappa shape index (κ2) is 8.93. The van der Waals surface area contributed by atoms with E-state index in [0.717, 1.165) is 37.2 Å². The zero-order valence-corrected chi connectivity index (χ0v) is 17.8. The molecule has 1 aliphatic carbocycles. The summed E-state index contributed by atoms with van der Waals surface area (Å²) in [5.74, 6) is 0.750. The number of anilines is 1. The quantitative estimate of drug-likeness (QED) is 0.716. The van der Waals surface area contributed by atoms with Crippen LogP contribution in [0.5, 0.6) is 11.8 Å². The van der Waals surface area contributed by atoms with E-state index in [1.807, 2.05) is 0 Å². The van der Waals surface area contributed by atoms with Crippen molar-refractivity contribution >= 4 is 22.4 Å². The van der Waals surface area contributed by atoms with E-state index in [-0.39, 0.29) is 24.0 Å². The molecule has 1 N–H and O–H groups in total. The van der Waals surface area contributed by atoms with Gasteiger partial charge in [0.15, 0.2) is 5.13 Å². The third-order valence-corrected chi connectivity index (χ3v) is 6.31. The molecule has 0 bridgehead atoms.